The Balaban J connectivity index is 2.52. The van der Waals surface area contributed by atoms with Crippen LogP contribution >= 0.6 is 0 Å². The van der Waals surface area contributed by atoms with Crippen molar-refractivity contribution in [2.75, 3.05) is 19.6 Å². The molecule has 5 heteroatoms. The smallest absolute Gasteiger partial charge is 0.261 e. The van der Waals surface area contributed by atoms with E-state index in [1.165, 1.54) is 0 Å². The first kappa shape index (κ1) is 14.1. The van der Waals surface area contributed by atoms with Gasteiger partial charge >= 0.3 is 0 Å². The van der Waals surface area contributed by atoms with Gasteiger partial charge in [-0.3, -0.25) is 9.69 Å². The lowest BCUT2D eigenvalue weighted by Gasteiger charge is -2.18. The van der Waals surface area contributed by atoms with Crippen molar-refractivity contribution >= 4 is 5.91 Å². The summed E-state index contributed by atoms with van der Waals surface area (Å²) in [6.45, 7) is 5.89. The van der Waals surface area contributed by atoms with Crippen LogP contribution in [0.2, 0.25) is 0 Å². The molecule has 1 amide bonds. The van der Waals surface area contributed by atoms with Gasteiger partial charge in [0.2, 0.25) is 5.91 Å². The van der Waals surface area contributed by atoms with E-state index in [0.29, 0.717) is 18.7 Å². The quantitative estimate of drug-likeness (QED) is 0.767. The molecule has 0 unspecified atom stereocenters. The minimum Gasteiger partial charge on any atom is -0.350 e. The van der Waals surface area contributed by atoms with Gasteiger partial charge in [0.25, 0.3) is 5.92 Å². The van der Waals surface area contributed by atoms with Crippen LogP contribution in [0.5, 0.6) is 0 Å². The molecule has 3 nitrogen and oxygen atoms in total. The Morgan fingerprint density at radius 2 is 2.18 bits per heavy atom. The van der Waals surface area contributed by atoms with E-state index in [1.54, 1.807) is 17.9 Å². The molecule has 98 valence electrons. The van der Waals surface area contributed by atoms with Crippen molar-refractivity contribution in [1.82, 2.24) is 10.2 Å². The Morgan fingerprint density at radius 3 is 2.59 bits per heavy atom. The highest BCUT2D eigenvalue weighted by molar-refractivity contribution is 5.93. The molecule has 1 fully saturated rings. The molecule has 0 aromatic carbocycles. The van der Waals surface area contributed by atoms with E-state index in [1.807, 2.05) is 13.8 Å². The lowest BCUT2D eigenvalue weighted by molar-refractivity contribution is -0.118. The van der Waals surface area contributed by atoms with E-state index < -0.39 is 5.92 Å². The Bertz CT molecular complexity index is 314. The lowest BCUT2D eigenvalue weighted by Crippen LogP contribution is -2.36. The second kappa shape index (κ2) is 5.58. The second-order valence-electron chi connectivity index (χ2n) is 4.76. The van der Waals surface area contributed by atoms with Crippen molar-refractivity contribution in [3.63, 3.8) is 0 Å². The molecule has 1 heterocycles. The van der Waals surface area contributed by atoms with E-state index in [9.17, 15) is 13.6 Å². The monoisotopic (exact) mass is 246 g/mol. The van der Waals surface area contributed by atoms with Crippen LogP contribution in [0.25, 0.3) is 0 Å². The Hall–Kier alpha value is -0.970. The third kappa shape index (κ3) is 4.42. The summed E-state index contributed by atoms with van der Waals surface area (Å²) in [7, 11) is 0. The normalized spacial score (nSPS) is 20.9. The SMILES string of the molecule is C/C=C(\CN1CCC(F)(F)C1)C(=O)NC(C)C. The van der Waals surface area contributed by atoms with Gasteiger partial charge in [-0.25, -0.2) is 8.78 Å². The van der Waals surface area contributed by atoms with Crippen molar-refractivity contribution < 1.29 is 13.6 Å². The molecule has 1 rings (SSSR count). The van der Waals surface area contributed by atoms with Crippen LogP contribution in [0.4, 0.5) is 8.78 Å². The van der Waals surface area contributed by atoms with Crippen molar-refractivity contribution in [3.05, 3.63) is 11.6 Å². The molecule has 1 N–H and O–H groups in total. The number of hydrogen-bond donors (Lipinski definition) is 1. The molecule has 1 aliphatic heterocycles. The average molecular weight is 246 g/mol. The fourth-order valence-corrected chi connectivity index (χ4v) is 1.83. The van der Waals surface area contributed by atoms with E-state index in [4.69, 9.17) is 0 Å². The molecule has 0 saturated carbocycles. The number of amides is 1. The first-order valence-electron chi connectivity index (χ1n) is 5.90. The molecule has 0 aliphatic carbocycles. The van der Waals surface area contributed by atoms with Gasteiger partial charge in [-0.05, 0) is 20.8 Å². The number of allylic oxidation sites excluding steroid dienone is 1. The summed E-state index contributed by atoms with van der Waals surface area (Å²) in [4.78, 5) is 13.4. The molecule has 0 atom stereocenters. The zero-order chi connectivity index (χ0) is 13.1. The van der Waals surface area contributed by atoms with Crippen LogP contribution in [0, 0.1) is 0 Å². The van der Waals surface area contributed by atoms with Gasteiger partial charge in [0.05, 0.1) is 6.54 Å². The minimum atomic E-state index is -2.60. The number of carbonyl (C=O) groups is 1. The number of alkyl halides is 2. The van der Waals surface area contributed by atoms with Crippen molar-refractivity contribution in [1.29, 1.82) is 0 Å². The average Bonchev–Trinajstić information content (AvgIpc) is 2.53. The maximum absolute atomic E-state index is 13.0. The van der Waals surface area contributed by atoms with Gasteiger partial charge in [-0.15, -0.1) is 0 Å². The fourth-order valence-electron chi connectivity index (χ4n) is 1.83. The first-order chi connectivity index (χ1) is 7.84. The molecule has 0 spiro atoms. The second-order valence-corrected chi connectivity index (χ2v) is 4.76. The summed E-state index contributed by atoms with van der Waals surface area (Å²) in [5.41, 5.74) is 0.552. The van der Waals surface area contributed by atoms with Gasteiger partial charge in [-0.1, -0.05) is 6.08 Å². The number of hydrogen-bond acceptors (Lipinski definition) is 2. The highest BCUT2D eigenvalue weighted by atomic mass is 19.3. The first-order valence-corrected chi connectivity index (χ1v) is 5.90. The zero-order valence-corrected chi connectivity index (χ0v) is 10.6. The van der Waals surface area contributed by atoms with Gasteiger partial charge in [0.1, 0.15) is 0 Å². The Kier molecular flexibility index (Phi) is 4.62. The molecule has 17 heavy (non-hydrogen) atoms. The number of nitrogens with zero attached hydrogens (tertiary/aromatic N) is 1. The van der Waals surface area contributed by atoms with Gasteiger partial charge in [-0.2, -0.15) is 0 Å². The Labute approximate surface area is 101 Å². The van der Waals surface area contributed by atoms with Crippen LogP contribution in [0.1, 0.15) is 27.2 Å². The van der Waals surface area contributed by atoms with Crippen LogP contribution in [0.15, 0.2) is 11.6 Å². The summed E-state index contributed by atoms with van der Waals surface area (Å²) in [5, 5.41) is 2.77. The molecule has 0 radical (unpaired) electrons. The van der Waals surface area contributed by atoms with Crippen LogP contribution in [-0.4, -0.2) is 42.4 Å². The molecule has 1 saturated heterocycles. The number of rotatable bonds is 4. The van der Waals surface area contributed by atoms with E-state index in [0.717, 1.165) is 0 Å². The Morgan fingerprint density at radius 1 is 1.53 bits per heavy atom. The van der Waals surface area contributed by atoms with Crippen molar-refractivity contribution in [2.24, 2.45) is 0 Å². The highest BCUT2D eigenvalue weighted by Gasteiger charge is 2.38. The van der Waals surface area contributed by atoms with E-state index >= 15 is 0 Å². The van der Waals surface area contributed by atoms with Crippen LogP contribution in [-0.2, 0) is 4.79 Å². The molecule has 0 aromatic heterocycles. The summed E-state index contributed by atoms with van der Waals surface area (Å²) in [6.07, 6.45) is 1.57. The summed E-state index contributed by atoms with van der Waals surface area (Å²) >= 11 is 0. The number of likely N-dealkylation sites (tertiary alicyclic amines) is 1. The summed E-state index contributed by atoms with van der Waals surface area (Å²) in [5.74, 6) is -2.77. The lowest BCUT2D eigenvalue weighted by atomic mass is 10.2. The predicted molar refractivity (Wildman–Crippen MR) is 63.0 cm³/mol. The molecule has 1 aliphatic rings. The van der Waals surface area contributed by atoms with Crippen LogP contribution < -0.4 is 5.32 Å². The van der Waals surface area contributed by atoms with Gasteiger partial charge in [0.15, 0.2) is 0 Å². The summed E-state index contributed by atoms with van der Waals surface area (Å²) < 4.78 is 26.0. The van der Waals surface area contributed by atoms with Gasteiger partial charge in [0, 0.05) is 31.1 Å². The van der Waals surface area contributed by atoms with E-state index in [-0.39, 0.29) is 24.9 Å². The van der Waals surface area contributed by atoms with Crippen LogP contribution in [0.3, 0.4) is 0 Å². The fraction of sp³-hybridized carbons (Fsp3) is 0.750. The molecular formula is C12H20F2N2O. The third-order valence-electron chi connectivity index (χ3n) is 2.70. The highest BCUT2D eigenvalue weighted by Crippen LogP contribution is 2.27. The molecule has 0 aromatic rings. The van der Waals surface area contributed by atoms with Crippen molar-refractivity contribution in [3.8, 4) is 0 Å². The maximum Gasteiger partial charge on any atom is 0.261 e. The topological polar surface area (TPSA) is 32.3 Å². The maximum atomic E-state index is 13.0. The largest absolute Gasteiger partial charge is 0.350 e. The third-order valence-corrected chi connectivity index (χ3v) is 2.70. The minimum absolute atomic E-state index is 0.0532. The number of halogens is 2. The zero-order valence-electron chi connectivity index (χ0n) is 10.6. The van der Waals surface area contributed by atoms with E-state index in [2.05, 4.69) is 5.32 Å². The molecule has 0 bridgehead atoms. The number of carbonyl (C=O) groups excluding carboxylic acids is 1. The molecular weight excluding hydrogens is 226 g/mol. The van der Waals surface area contributed by atoms with Crippen molar-refractivity contribution in [2.45, 2.75) is 39.2 Å². The predicted octanol–water partition coefficient (Wildman–Crippen LogP) is 1.80. The summed E-state index contributed by atoms with van der Waals surface area (Å²) in [6, 6.07) is 0.0532. The standard InChI is InChI=1S/C12H20F2N2O/c1-4-10(11(17)15-9(2)3)7-16-6-5-12(13,14)8-16/h4,9H,5-8H2,1-3H3,(H,15,17)/b10-4+. The number of nitrogens with one attached hydrogen (secondary N) is 1. The van der Waals surface area contributed by atoms with Gasteiger partial charge < -0.3 is 5.32 Å².